The fourth-order valence-corrected chi connectivity index (χ4v) is 2.00. The van der Waals surface area contributed by atoms with Crippen molar-refractivity contribution in [1.29, 1.82) is 0 Å². The number of fused-ring (bicyclic) bond motifs is 1. The average molecular weight is 266 g/mol. The molecule has 0 aliphatic rings. The van der Waals surface area contributed by atoms with Crippen LogP contribution < -0.4 is 5.32 Å². The van der Waals surface area contributed by atoms with Crippen molar-refractivity contribution in [2.45, 2.75) is 0 Å². The minimum absolute atomic E-state index is 0.412. The van der Waals surface area contributed by atoms with Gasteiger partial charge >= 0.3 is 0 Å². The number of nitrogens with zero attached hydrogens (tertiary/aromatic N) is 2. The van der Waals surface area contributed by atoms with Gasteiger partial charge in [-0.25, -0.2) is 0 Å². The van der Waals surface area contributed by atoms with Crippen LogP contribution in [0.25, 0.3) is 22.7 Å². The molecule has 98 valence electrons. The zero-order valence-corrected chi connectivity index (χ0v) is 10.3. The smallest absolute Gasteiger partial charge is 0.276 e. The molecule has 0 bridgehead atoms. The van der Waals surface area contributed by atoms with Gasteiger partial charge in [-0.05, 0) is 17.3 Å². The summed E-state index contributed by atoms with van der Waals surface area (Å²) in [6, 6.07) is 13.3. The SMILES string of the molecule is c1ccc(Nc2noc(-c3cc4occc4[nH]3)n2)cc1. The molecule has 0 amide bonds. The second-order valence-corrected chi connectivity index (χ2v) is 4.30. The number of H-pyrrole nitrogens is 1. The monoisotopic (exact) mass is 266 g/mol. The van der Waals surface area contributed by atoms with Crippen LogP contribution in [0.15, 0.2) is 57.7 Å². The van der Waals surface area contributed by atoms with Crippen LogP contribution in [-0.2, 0) is 0 Å². The number of para-hydroxylation sites is 1. The second kappa shape index (κ2) is 4.27. The van der Waals surface area contributed by atoms with Gasteiger partial charge in [0, 0.05) is 17.8 Å². The van der Waals surface area contributed by atoms with Crippen molar-refractivity contribution in [3.8, 4) is 11.6 Å². The van der Waals surface area contributed by atoms with Gasteiger partial charge in [-0.15, -0.1) is 0 Å². The van der Waals surface area contributed by atoms with Crippen LogP contribution >= 0.6 is 0 Å². The molecule has 0 aliphatic heterocycles. The zero-order valence-electron chi connectivity index (χ0n) is 10.3. The Bertz CT molecular complexity index is 816. The van der Waals surface area contributed by atoms with Crippen LogP contribution in [0.3, 0.4) is 0 Å². The number of nitrogens with one attached hydrogen (secondary N) is 2. The molecular weight excluding hydrogens is 256 g/mol. The molecule has 0 saturated carbocycles. The van der Waals surface area contributed by atoms with Crippen molar-refractivity contribution >= 4 is 22.7 Å². The highest BCUT2D eigenvalue weighted by molar-refractivity contribution is 5.79. The quantitative estimate of drug-likeness (QED) is 0.592. The van der Waals surface area contributed by atoms with Gasteiger partial charge in [-0.2, -0.15) is 4.98 Å². The molecule has 0 fully saturated rings. The van der Waals surface area contributed by atoms with E-state index in [4.69, 9.17) is 8.94 Å². The van der Waals surface area contributed by atoms with Gasteiger partial charge in [0.2, 0.25) is 0 Å². The molecule has 6 nitrogen and oxygen atoms in total. The highest BCUT2D eigenvalue weighted by Crippen LogP contribution is 2.24. The van der Waals surface area contributed by atoms with Crippen molar-refractivity contribution in [3.63, 3.8) is 0 Å². The minimum Gasteiger partial charge on any atom is -0.463 e. The van der Waals surface area contributed by atoms with E-state index in [9.17, 15) is 0 Å². The van der Waals surface area contributed by atoms with Crippen molar-refractivity contribution in [1.82, 2.24) is 15.1 Å². The third-order valence-corrected chi connectivity index (χ3v) is 2.93. The number of benzene rings is 1. The van der Waals surface area contributed by atoms with E-state index in [2.05, 4.69) is 20.4 Å². The van der Waals surface area contributed by atoms with Crippen molar-refractivity contribution in [3.05, 3.63) is 48.7 Å². The third-order valence-electron chi connectivity index (χ3n) is 2.93. The molecule has 0 unspecified atom stereocenters. The molecule has 0 saturated heterocycles. The Kier molecular flexibility index (Phi) is 2.32. The van der Waals surface area contributed by atoms with E-state index in [0.29, 0.717) is 11.8 Å². The number of aromatic nitrogens is 3. The Morgan fingerprint density at radius 3 is 2.85 bits per heavy atom. The van der Waals surface area contributed by atoms with Gasteiger partial charge in [0.05, 0.1) is 11.8 Å². The molecular formula is C14H10N4O2. The summed E-state index contributed by atoms with van der Waals surface area (Å²) in [7, 11) is 0. The number of anilines is 2. The fourth-order valence-electron chi connectivity index (χ4n) is 2.00. The van der Waals surface area contributed by atoms with Gasteiger partial charge in [-0.3, -0.25) is 0 Å². The highest BCUT2D eigenvalue weighted by Gasteiger charge is 2.12. The number of hydrogen-bond acceptors (Lipinski definition) is 5. The number of hydrogen-bond donors (Lipinski definition) is 2. The molecule has 2 N–H and O–H groups in total. The first kappa shape index (κ1) is 10.9. The summed E-state index contributed by atoms with van der Waals surface area (Å²) in [6.07, 6.45) is 1.63. The maximum absolute atomic E-state index is 5.29. The molecule has 0 spiro atoms. The maximum atomic E-state index is 5.29. The molecule has 6 heteroatoms. The maximum Gasteiger partial charge on any atom is 0.276 e. The van der Waals surface area contributed by atoms with E-state index in [0.717, 1.165) is 22.5 Å². The van der Waals surface area contributed by atoms with Crippen LogP contribution in [0, 0.1) is 0 Å². The summed E-state index contributed by atoms with van der Waals surface area (Å²) in [5, 5.41) is 6.96. The number of rotatable bonds is 3. The normalized spacial score (nSPS) is 11.0. The Hall–Kier alpha value is -3.02. The van der Waals surface area contributed by atoms with Crippen molar-refractivity contribution < 1.29 is 8.94 Å². The molecule has 20 heavy (non-hydrogen) atoms. The first-order valence-corrected chi connectivity index (χ1v) is 6.11. The largest absolute Gasteiger partial charge is 0.463 e. The van der Waals surface area contributed by atoms with Gasteiger partial charge in [-0.1, -0.05) is 18.2 Å². The molecule has 3 aromatic heterocycles. The summed E-state index contributed by atoms with van der Waals surface area (Å²) in [5.41, 5.74) is 3.29. The Labute approximate surface area is 113 Å². The lowest BCUT2D eigenvalue weighted by Gasteiger charge is -1.98. The van der Waals surface area contributed by atoms with E-state index in [1.54, 1.807) is 6.26 Å². The van der Waals surface area contributed by atoms with Crippen molar-refractivity contribution in [2.75, 3.05) is 5.32 Å². The van der Waals surface area contributed by atoms with E-state index >= 15 is 0 Å². The topological polar surface area (TPSA) is 79.9 Å². The summed E-state index contributed by atoms with van der Waals surface area (Å²) in [4.78, 5) is 7.44. The number of aromatic amines is 1. The first-order valence-electron chi connectivity index (χ1n) is 6.11. The molecule has 4 rings (SSSR count). The van der Waals surface area contributed by atoms with Crippen LogP contribution in [-0.4, -0.2) is 15.1 Å². The van der Waals surface area contributed by atoms with Crippen LogP contribution in [0.2, 0.25) is 0 Å². The van der Waals surface area contributed by atoms with E-state index in [-0.39, 0.29) is 0 Å². The third kappa shape index (κ3) is 1.83. The lowest BCUT2D eigenvalue weighted by Crippen LogP contribution is -1.91. The predicted molar refractivity (Wildman–Crippen MR) is 73.6 cm³/mol. The van der Waals surface area contributed by atoms with E-state index in [1.165, 1.54) is 0 Å². The van der Waals surface area contributed by atoms with Gasteiger partial charge in [0.25, 0.3) is 11.8 Å². The fraction of sp³-hybridized carbons (Fsp3) is 0. The lowest BCUT2D eigenvalue weighted by molar-refractivity contribution is 0.431. The van der Waals surface area contributed by atoms with Crippen molar-refractivity contribution in [2.24, 2.45) is 0 Å². The standard InChI is InChI=1S/C14H10N4O2/c1-2-4-9(5-3-1)15-14-17-13(20-18-14)11-8-12-10(16-11)6-7-19-12/h1-8,16H,(H,15,18). The van der Waals surface area contributed by atoms with Crippen LogP contribution in [0.4, 0.5) is 11.6 Å². The van der Waals surface area contributed by atoms with Crippen LogP contribution in [0.5, 0.6) is 0 Å². The molecule has 0 radical (unpaired) electrons. The minimum atomic E-state index is 0.412. The zero-order chi connectivity index (χ0) is 13.4. The summed E-state index contributed by atoms with van der Waals surface area (Å²) in [6.45, 7) is 0. The van der Waals surface area contributed by atoms with Crippen LogP contribution in [0.1, 0.15) is 0 Å². The average Bonchev–Trinajstić information content (AvgIpc) is 3.13. The molecule has 0 aliphatic carbocycles. The summed E-state index contributed by atoms with van der Waals surface area (Å²) in [5.74, 6) is 0.826. The molecule has 4 aromatic rings. The Morgan fingerprint density at radius 2 is 2.00 bits per heavy atom. The highest BCUT2D eigenvalue weighted by atomic mass is 16.5. The summed E-state index contributed by atoms with van der Waals surface area (Å²) < 4.78 is 10.5. The number of furan rings is 1. The Balaban J connectivity index is 1.63. The second-order valence-electron chi connectivity index (χ2n) is 4.30. The van der Waals surface area contributed by atoms with Gasteiger partial charge in [0.1, 0.15) is 5.69 Å². The Morgan fingerprint density at radius 1 is 1.10 bits per heavy atom. The molecule has 3 heterocycles. The first-order chi connectivity index (χ1) is 9.88. The molecule has 0 atom stereocenters. The van der Waals surface area contributed by atoms with E-state index < -0.39 is 0 Å². The predicted octanol–water partition coefficient (Wildman–Crippen LogP) is 3.55. The lowest BCUT2D eigenvalue weighted by atomic mass is 10.3. The van der Waals surface area contributed by atoms with Gasteiger partial charge in [0.15, 0.2) is 5.58 Å². The van der Waals surface area contributed by atoms with Gasteiger partial charge < -0.3 is 19.2 Å². The van der Waals surface area contributed by atoms with E-state index in [1.807, 2.05) is 42.5 Å². The summed E-state index contributed by atoms with van der Waals surface area (Å²) >= 11 is 0. The molecule has 1 aromatic carbocycles.